The van der Waals surface area contributed by atoms with Crippen molar-refractivity contribution in [1.29, 1.82) is 0 Å². The van der Waals surface area contributed by atoms with Gasteiger partial charge in [0.1, 0.15) is 5.82 Å². The minimum Gasteiger partial charge on any atom is -0.320 e. The van der Waals surface area contributed by atoms with E-state index < -0.39 is 10.2 Å². The predicted octanol–water partition coefficient (Wildman–Crippen LogP) is 1.56. The molecule has 1 N–H and O–H groups in total. The average molecular weight is 370 g/mol. The van der Waals surface area contributed by atoms with E-state index in [9.17, 15) is 17.6 Å². The number of halogens is 1. The first-order valence-electron chi connectivity index (χ1n) is 8.28. The lowest BCUT2D eigenvalue weighted by Crippen LogP contribution is -2.50. The minimum absolute atomic E-state index is 0.118. The zero-order valence-electron chi connectivity index (χ0n) is 14.4. The molecule has 25 heavy (non-hydrogen) atoms. The molecule has 138 valence electrons. The van der Waals surface area contributed by atoms with Gasteiger partial charge in [-0.05, 0) is 43.0 Å². The predicted molar refractivity (Wildman–Crippen MR) is 92.8 cm³/mol. The molecule has 4 rings (SSSR count). The molecule has 3 heterocycles. The molecule has 2 atom stereocenters. The first kappa shape index (κ1) is 18.1. The Labute approximate surface area is 147 Å². The second-order valence-electron chi connectivity index (χ2n) is 6.79. The second-order valence-corrected chi connectivity index (χ2v) is 8.94. The lowest BCUT2D eigenvalue weighted by molar-refractivity contribution is 0.153. The molecule has 1 aromatic carbocycles. The quantitative estimate of drug-likeness (QED) is 0.878. The van der Waals surface area contributed by atoms with Crippen LogP contribution < -0.4 is 5.32 Å². The van der Waals surface area contributed by atoms with Crippen molar-refractivity contribution in [3.05, 3.63) is 30.1 Å². The minimum atomic E-state index is -3.50. The van der Waals surface area contributed by atoms with Gasteiger partial charge in [0.05, 0.1) is 0 Å². The Kier molecular flexibility index (Phi) is 4.99. The van der Waals surface area contributed by atoms with E-state index in [1.54, 1.807) is 4.90 Å². The lowest BCUT2D eigenvalue weighted by atomic mass is 9.95. The number of carbonyl (C=O) groups excluding carboxylic acids is 1. The Morgan fingerprint density at radius 3 is 2.48 bits per heavy atom. The van der Waals surface area contributed by atoms with E-state index >= 15 is 0 Å². The Morgan fingerprint density at radius 2 is 1.84 bits per heavy atom. The molecule has 0 radical (unpaired) electrons. The van der Waals surface area contributed by atoms with E-state index in [1.807, 2.05) is 0 Å². The van der Waals surface area contributed by atoms with Crippen LogP contribution in [0.1, 0.15) is 12.8 Å². The van der Waals surface area contributed by atoms with Gasteiger partial charge in [0.15, 0.2) is 0 Å². The van der Waals surface area contributed by atoms with Gasteiger partial charge in [-0.1, -0.05) is 0 Å². The number of fused-ring (bicyclic) bond motifs is 4. The van der Waals surface area contributed by atoms with Gasteiger partial charge in [-0.15, -0.1) is 0 Å². The van der Waals surface area contributed by atoms with Crippen LogP contribution >= 0.6 is 0 Å². The second kappa shape index (κ2) is 6.89. The Morgan fingerprint density at radius 1 is 1.16 bits per heavy atom. The highest BCUT2D eigenvalue weighted by atomic mass is 32.2. The highest BCUT2D eigenvalue weighted by molar-refractivity contribution is 7.86. The molecule has 3 saturated heterocycles. The monoisotopic (exact) mass is 370 g/mol. The molecule has 7 nitrogen and oxygen atoms in total. The van der Waals surface area contributed by atoms with E-state index in [4.69, 9.17) is 0 Å². The fourth-order valence-corrected chi connectivity index (χ4v) is 4.66. The molecule has 2 amide bonds. The molecular formula is C16H23FN4O3S. The summed E-state index contributed by atoms with van der Waals surface area (Å²) in [6.07, 6.45) is 1.69. The SMILES string of the molecule is CN(C)S(=O)(=O)N1C[C@@H]2CC[C@H](C1)N(C(=O)Nc1ccc(F)cc1)C2. The lowest BCUT2D eigenvalue weighted by Gasteiger charge is -2.36. The van der Waals surface area contributed by atoms with Crippen molar-refractivity contribution < 1.29 is 17.6 Å². The number of nitrogens with zero attached hydrogens (tertiary/aromatic N) is 3. The summed E-state index contributed by atoms with van der Waals surface area (Å²) in [6.45, 7) is 1.25. The number of anilines is 1. The first-order valence-corrected chi connectivity index (χ1v) is 9.68. The van der Waals surface area contributed by atoms with Crippen molar-refractivity contribution >= 4 is 21.9 Å². The Bertz CT molecular complexity index is 738. The van der Waals surface area contributed by atoms with Crippen molar-refractivity contribution in [3.63, 3.8) is 0 Å². The summed E-state index contributed by atoms with van der Waals surface area (Å²) < 4.78 is 40.6. The molecule has 0 aliphatic carbocycles. The van der Waals surface area contributed by atoms with Crippen molar-refractivity contribution in [2.75, 3.05) is 39.0 Å². The highest BCUT2D eigenvalue weighted by Gasteiger charge is 2.41. The fourth-order valence-electron chi connectivity index (χ4n) is 3.44. The summed E-state index contributed by atoms with van der Waals surface area (Å²) in [5.41, 5.74) is 0.518. The van der Waals surface area contributed by atoms with Gasteiger partial charge in [0.2, 0.25) is 0 Å². The van der Waals surface area contributed by atoms with Crippen molar-refractivity contribution in [3.8, 4) is 0 Å². The van der Waals surface area contributed by atoms with Gasteiger partial charge in [-0.3, -0.25) is 0 Å². The maximum absolute atomic E-state index is 13.0. The number of amides is 2. The van der Waals surface area contributed by atoms with Crippen molar-refractivity contribution in [2.45, 2.75) is 18.9 Å². The number of hydrogen-bond acceptors (Lipinski definition) is 3. The largest absolute Gasteiger partial charge is 0.322 e. The standard InChI is InChI=1S/C16H23FN4O3S/c1-19(2)25(23,24)20-9-12-3-8-15(11-20)21(10-12)16(22)18-14-6-4-13(17)5-7-14/h4-7,12,15H,3,8-11H2,1-2H3,(H,18,22)/t12-,15+/m0/s1. The zero-order chi connectivity index (χ0) is 18.2. The topological polar surface area (TPSA) is 73.0 Å². The number of hydrogen-bond donors (Lipinski definition) is 1. The van der Waals surface area contributed by atoms with Crippen LogP contribution in [0.3, 0.4) is 0 Å². The maximum Gasteiger partial charge on any atom is 0.322 e. The fraction of sp³-hybridized carbons (Fsp3) is 0.562. The summed E-state index contributed by atoms with van der Waals surface area (Å²) in [6, 6.07) is 5.16. The normalized spacial score (nSPS) is 24.4. The molecular weight excluding hydrogens is 347 g/mol. The van der Waals surface area contributed by atoms with Crippen LogP contribution in [0.2, 0.25) is 0 Å². The highest BCUT2D eigenvalue weighted by Crippen LogP contribution is 2.30. The van der Waals surface area contributed by atoms with Gasteiger partial charge in [-0.2, -0.15) is 17.0 Å². The molecule has 0 aromatic heterocycles. The van der Waals surface area contributed by atoms with E-state index in [1.165, 1.54) is 47.0 Å². The molecule has 0 spiro atoms. The van der Waals surface area contributed by atoms with Crippen LogP contribution in [0, 0.1) is 11.7 Å². The number of piperidine rings is 1. The van der Waals surface area contributed by atoms with Crippen molar-refractivity contribution in [1.82, 2.24) is 13.5 Å². The van der Waals surface area contributed by atoms with Gasteiger partial charge in [-0.25, -0.2) is 9.18 Å². The molecule has 0 saturated carbocycles. The molecule has 0 unspecified atom stereocenters. The first-order chi connectivity index (χ1) is 11.8. The zero-order valence-corrected chi connectivity index (χ0v) is 15.2. The Balaban J connectivity index is 1.74. The van der Waals surface area contributed by atoms with Crippen molar-refractivity contribution in [2.24, 2.45) is 5.92 Å². The summed E-state index contributed by atoms with van der Waals surface area (Å²) in [5.74, 6) is -0.246. The van der Waals surface area contributed by atoms with E-state index in [0.717, 1.165) is 12.8 Å². The van der Waals surface area contributed by atoms with Gasteiger partial charge < -0.3 is 10.2 Å². The molecule has 3 aliphatic heterocycles. The van der Waals surface area contributed by atoms with Crippen LogP contribution in [-0.4, -0.2) is 67.7 Å². The number of carbonyl (C=O) groups is 1. The number of benzene rings is 1. The van der Waals surface area contributed by atoms with Crippen LogP contribution in [0.25, 0.3) is 0 Å². The summed E-state index contributed by atoms with van der Waals surface area (Å²) in [4.78, 5) is 14.3. The molecule has 9 heteroatoms. The maximum atomic E-state index is 13.0. The molecule has 1 aromatic rings. The third kappa shape index (κ3) is 3.78. The molecule has 3 aliphatic rings. The van der Waals surface area contributed by atoms with E-state index in [0.29, 0.717) is 25.3 Å². The summed E-state index contributed by atoms with van der Waals surface area (Å²) >= 11 is 0. The van der Waals surface area contributed by atoms with Crippen LogP contribution in [0.5, 0.6) is 0 Å². The third-order valence-electron chi connectivity index (χ3n) is 4.82. The molecule has 3 fully saturated rings. The third-order valence-corrected chi connectivity index (χ3v) is 6.70. The number of urea groups is 1. The molecule has 2 bridgehead atoms. The average Bonchev–Trinajstić information content (AvgIpc) is 2.89. The van der Waals surface area contributed by atoms with Crippen LogP contribution in [0.15, 0.2) is 24.3 Å². The summed E-state index contributed by atoms with van der Waals surface area (Å²) in [5, 5.41) is 2.77. The Hall–Kier alpha value is -1.71. The van der Waals surface area contributed by atoms with E-state index in [2.05, 4.69) is 5.32 Å². The number of rotatable bonds is 3. The van der Waals surface area contributed by atoms with E-state index in [-0.39, 0.29) is 23.8 Å². The van der Waals surface area contributed by atoms with Gasteiger partial charge in [0, 0.05) is 45.5 Å². The van der Waals surface area contributed by atoms with Crippen LogP contribution in [0.4, 0.5) is 14.9 Å². The van der Waals surface area contributed by atoms with Gasteiger partial charge in [0.25, 0.3) is 10.2 Å². The summed E-state index contributed by atoms with van der Waals surface area (Å²) in [7, 11) is -0.465. The number of nitrogens with one attached hydrogen (secondary N) is 1. The van der Waals surface area contributed by atoms with Crippen LogP contribution in [-0.2, 0) is 10.2 Å². The smallest absolute Gasteiger partial charge is 0.320 e. The van der Waals surface area contributed by atoms with Gasteiger partial charge >= 0.3 is 6.03 Å².